The van der Waals surface area contributed by atoms with Crippen LogP contribution >= 0.6 is 0 Å². The van der Waals surface area contributed by atoms with E-state index in [1.54, 1.807) is 19.9 Å². The van der Waals surface area contributed by atoms with Crippen molar-refractivity contribution >= 4 is 22.0 Å². The molecule has 7 nitrogen and oxygen atoms in total. The Balaban J connectivity index is 2.15. The zero-order chi connectivity index (χ0) is 18.6. The van der Waals surface area contributed by atoms with Crippen LogP contribution in [0, 0.1) is 12.8 Å². The summed E-state index contributed by atoms with van der Waals surface area (Å²) in [5, 5.41) is 9.02. The topological polar surface area (TPSA) is 110 Å². The van der Waals surface area contributed by atoms with Crippen LogP contribution in [0.5, 0.6) is 0 Å². The Morgan fingerprint density at radius 2 is 1.88 bits per heavy atom. The molecule has 1 aliphatic rings. The normalized spacial score (nSPS) is 20.9. The van der Waals surface area contributed by atoms with E-state index in [1.807, 2.05) is 0 Å². The Bertz CT molecular complexity index is 750. The number of aliphatic carboxylic acids is 1. The smallest absolute Gasteiger partial charge is 0.338 e. The summed E-state index contributed by atoms with van der Waals surface area (Å²) in [6.45, 7) is 3.55. The number of esters is 1. The van der Waals surface area contributed by atoms with Gasteiger partial charge in [-0.3, -0.25) is 4.79 Å². The minimum absolute atomic E-state index is 0.0402. The molecular formula is C17H23NO6S. The van der Waals surface area contributed by atoms with Crippen molar-refractivity contribution in [2.75, 3.05) is 6.61 Å². The highest BCUT2D eigenvalue weighted by molar-refractivity contribution is 7.89. The molecule has 0 saturated heterocycles. The van der Waals surface area contributed by atoms with Crippen LogP contribution in [0.4, 0.5) is 0 Å². The van der Waals surface area contributed by atoms with Crippen LogP contribution in [0.3, 0.4) is 0 Å². The second-order valence-electron chi connectivity index (χ2n) is 6.21. The number of carboxylic acid groups (broad SMARTS) is 1. The zero-order valence-corrected chi connectivity index (χ0v) is 15.1. The number of benzene rings is 1. The van der Waals surface area contributed by atoms with Crippen molar-refractivity contribution in [3.05, 3.63) is 29.3 Å². The monoisotopic (exact) mass is 369 g/mol. The lowest BCUT2D eigenvalue weighted by atomic mass is 9.87. The van der Waals surface area contributed by atoms with Crippen molar-refractivity contribution in [3.8, 4) is 0 Å². The number of hydrogen-bond acceptors (Lipinski definition) is 5. The van der Waals surface area contributed by atoms with Crippen molar-refractivity contribution in [2.45, 2.75) is 50.5 Å². The molecule has 0 heterocycles. The van der Waals surface area contributed by atoms with Crippen LogP contribution in [0.15, 0.2) is 23.1 Å². The Hall–Kier alpha value is -1.93. The minimum Gasteiger partial charge on any atom is -0.481 e. The summed E-state index contributed by atoms with van der Waals surface area (Å²) in [7, 11) is -3.80. The highest BCUT2D eigenvalue weighted by Gasteiger charge is 2.29. The Kier molecular flexibility index (Phi) is 6.18. The lowest BCUT2D eigenvalue weighted by molar-refractivity contribution is -0.142. The molecule has 2 N–H and O–H groups in total. The van der Waals surface area contributed by atoms with Crippen molar-refractivity contribution in [3.63, 3.8) is 0 Å². The third-order valence-corrected chi connectivity index (χ3v) is 6.05. The first-order chi connectivity index (χ1) is 11.7. The second-order valence-corrected chi connectivity index (χ2v) is 7.89. The number of hydrogen-bond donors (Lipinski definition) is 2. The number of rotatable bonds is 6. The van der Waals surface area contributed by atoms with Gasteiger partial charge in [-0.25, -0.2) is 17.9 Å². The molecule has 0 amide bonds. The summed E-state index contributed by atoms with van der Waals surface area (Å²) in [6, 6.07) is 4.12. The van der Waals surface area contributed by atoms with Gasteiger partial charge >= 0.3 is 11.9 Å². The van der Waals surface area contributed by atoms with Gasteiger partial charge in [0.25, 0.3) is 0 Å². The molecule has 1 aromatic rings. The number of aryl methyl sites for hydroxylation is 1. The Morgan fingerprint density at radius 1 is 1.24 bits per heavy atom. The molecule has 0 atom stereocenters. The fourth-order valence-corrected chi connectivity index (χ4v) is 4.55. The molecule has 0 spiro atoms. The van der Waals surface area contributed by atoms with E-state index in [0.29, 0.717) is 31.2 Å². The molecule has 1 aliphatic carbocycles. The third kappa shape index (κ3) is 4.79. The molecule has 0 bridgehead atoms. The first-order valence-corrected chi connectivity index (χ1v) is 9.75. The van der Waals surface area contributed by atoms with Gasteiger partial charge in [0, 0.05) is 6.04 Å². The molecule has 8 heteroatoms. The van der Waals surface area contributed by atoms with E-state index in [-0.39, 0.29) is 23.1 Å². The van der Waals surface area contributed by atoms with E-state index in [4.69, 9.17) is 9.84 Å². The Morgan fingerprint density at radius 3 is 2.44 bits per heavy atom. The van der Waals surface area contributed by atoms with E-state index >= 15 is 0 Å². The van der Waals surface area contributed by atoms with Crippen LogP contribution in [-0.2, 0) is 19.6 Å². The predicted molar refractivity (Wildman–Crippen MR) is 90.8 cm³/mol. The van der Waals surface area contributed by atoms with Gasteiger partial charge in [-0.05, 0) is 57.2 Å². The van der Waals surface area contributed by atoms with Gasteiger partial charge in [-0.2, -0.15) is 0 Å². The van der Waals surface area contributed by atoms with Crippen LogP contribution in [0.1, 0.15) is 48.5 Å². The first kappa shape index (κ1) is 19.4. The van der Waals surface area contributed by atoms with Crippen LogP contribution in [-0.4, -0.2) is 38.1 Å². The standard InChI is InChI=1S/C17H23NO6S/c1-3-24-17(21)13-5-4-11(2)15(10-13)25(22,23)18-14-8-6-12(7-9-14)16(19)20/h4-5,10,12,14,18H,3,6-9H2,1-2H3,(H,19,20). The molecule has 1 saturated carbocycles. The van der Waals surface area contributed by atoms with Crippen molar-refractivity contribution < 1.29 is 27.9 Å². The van der Waals surface area contributed by atoms with E-state index in [1.165, 1.54) is 12.1 Å². The van der Waals surface area contributed by atoms with E-state index < -0.39 is 27.9 Å². The quantitative estimate of drug-likeness (QED) is 0.743. The number of carboxylic acids is 1. The van der Waals surface area contributed by atoms with Crippen LogP contribution in [0.25, 0.3) is 0 Å². The van der Waals surface area contributed by atoms with Crippen LogP contribution in [0.2, 0.25) is 0 Å². The maximum atomic E-state index is 12.7. The fraction of sp³-hybridized carbons (Fsp3) is 0.529. The van der Waals surface area contributed by atoms with Gasteiger partial charge in [-0.1, -0.05) is 6.07 Å². The van der Waals surface area contributed by atoms with Crippen LogP contribution < -0.4 is 4.72 Å². The van der Waals surface area contributed by atoms with Gasteiger partial charge in [0.05, 0.1) is 23.0 Å². The summed E-state index contributed by atoms with van der Waals surface area (Å²) in [4.78, 5) is 22.9. The second kappa shape index (κ2) is 7.97. The lowest BCUT2D eigenvalue weighted by Gasteiger charge is -2.26. The summed E-state index contributed by atoms with van der Waals surface area (Å²) in [5.41, 5.74) is 0.710. The molecule has 1 aromatic carbocycles. The minimum atomic E-state index is -3.80. The zero-order valence-electron chi connectivity index (χ0n) is 14.3. The molecule has 138 valence electrons. The Labute approximate surface area is 147 Å². The van der Waals surface area contributed by atoms with Gasteiger partial charge < -0.3 is 9.84 Å². The summed E-state index contributed by atoms with van der Waals surface area (Å²) < 4.78 is 32.9. The number of ether oxygens (including phenoxy) is 1. The third-order valence-electron chi connectivity index (χ3n) is 4.39. The average molecular weight is 369 g/mol. The van der Waals surface area contributed by atoms with E-state index in [9.17, 15) is 18.0 Å². The lowest BCUT2D eigenvalue weighted by Crippen LogP contribution is -2.39. The number of carbonyl (C=O) groups excluding carboxylic acids is 1. The largest absolute Gasteiger partial charge is 0.481 e. The molecule has 0 aromatic heterocycles. The van der Waals surface area contributed by atoms with Gasteiger partial charge in [0.15, 0.2) is 0 Å². The summed E-state index contributed by atoms with van der Waals surface area (Å²) in [5.74, 6) is -1.81. The highest BCUT2D eigenvalue weighted by atomic mass is 32.2. The molecule has 0 unspecified atom stereocenters. The number of carbonyl (C=O) groups is 2. The molecule has 1 fully saturated rings. The van der Waals surface area contributed by atoms with E-state index in [2.05, 4.69) is 4.72 Å². The van der Waals surface area contributed by atoms with Gasteiger partial charge in [0.1, 0.15) is 0 Å². The highest BCUT2D eigenvalue weighted by Crippen LogP contribution is 2.26. The van der Waals surface area contributed by atoms with Crippen molar-refractivity contribution in [2.24, 2.45) is 5.92 Å². The van der Waals surface area contributed by atoms with Crippen molar-refractivity contribution in [1.29, 1.82) is 0 Å². The number of sulfonamides is 1. The SMILES string of the molecule is CCOC(=O)c1ccc(C)c(S(=O)(=O)NC2CCC(C(=O)O)CC2)c1. The van der Waals surface area contributed by atoms with E-state index in [0.717, 1.165) is 0 Å². The maximum absolute atomic E-state index is 12.7. The van der Waals surface area contributed by atoms with Crippen molar-refractivity contribution in [1.82, 2.24) is 4.72 Å². The molecule has 0 aliphatic heterocycles. The fourth-order valence-electron chi connectivity index (χ4n) is 2.97. The number of nitrogens with one attached hydrogen (secondary N) is 1. The average Bonchev–Trinajstić information content (AvgIpc) is 2.55. The molecule has 0 radical (unpaired) electrons. The van der Waals surface area contributed by atoms with Gasteiger partial charge in [0.2, 0.25) is 10.0 Å². The first-order valence-electron chi connectivity index (χ1n) is 8.27. The van der Waals surface area contributed by atoms with Gasteiger partial charge in [-0.15, -0.1) is 0 Å². The molecule has 2 rings (SSSR count). The molecule has 25 heavy (non-hydrogen) atoms. The molecular weight excluding hydrogens is 346 g/mol. The summed E-state index contributed by atoms with van der Waals surface area (Å²) >= 11 is 0. The summed E-state index contributed by atoms with van der Waals surface area (Å²) in [6.07, 6.45) is 1.86. The predicted octanol–water partition coefficient (Wildman–Crippen LogP) is 2.09. The maximum Gasteiger partial charge on any atom is 0.338 e.